The molecule has 0 amide bonds. The molecule has 1 atom stereocenters. The molecule has 1 aliphatic carbocycles. The maximum absolute atomic E-state index is 3.54. The van der Waals surface area contributed by atoms with Crippen LogP contribution in [0.4, 0.5) is 0 Å². The highest BCUT2D eigenvalue weighted by molar-refractivity contribution is 4.79. The molecular formula is C11H23N. The molecule has 1 rings (SSSR count). The molecule has 0 radical (unpaired) electrons. The van der Waals surface area contributed by atoms with Crippen molar-refractivity contribution < 1.29 is 0 Å². The monoisotopic (exact) mass is 169 g/mol. The van der Waals surface area contributed by atoms with Crippen molar-refractivity contribution in [2.24, 2.45) is 11.8 Å². The van der Waals surface area contributed by atoms with E-state index in [-0.39, 0.29) is 0 Å². The van der Waals surface area contributed by atoms with Gasteiger partial charge in [0.2, 0.25) is 0 Å². The summed E-state index contributed by atoms with van der Waals surface area (Å²) < 4.78 is 0. The molecule has 0 aromatic heterocycles. The maximum Gasteiger partial charge on any atom is -0.00205 e. The largest absolute Gasteiger partial charge is 0.316 e. The Morgan fingerprint density at radius 1 is 1.33 bits per heavy atom. The Kier molecular flexibility index (Phi) is 4.67. The summed E-state index contributed by atoms with van der Waals surface area (Å²) in [5, 5.41) is 3.54. The van der Waals surface area contributed by atoms with Crippen LogP contribution in [-0.4, -0.2) is 13.1 Å². The highest BCUT2D eigenvalue weighted by Gasteiger charge is 2.26. The van der Waals surface area contributed by atoms with Crippen LogP contribution in [0.25, 0.3) is 0 Å². The zero-order valence-corrected chi connectivity index (χ0v) is 8.60. The quantitative estimate of drug-likeness (QED) is 0.578. The minimum Gasteiger partial charge on any atom is -0.316 e. The molecule has 1 heteroatoms. The summed E-state index contributed by atoms with van der Waals surface area (Å²) in [4.78, 5) is 0. The second kappa shape index (κ2) is 5.58. The minimum absolute atomic E-state index is 0.923. The summed E-state index contributed by atoms with van der Waals surface area (Å²) >= 11 is 0. The van der Waals surface area contributed by atoms with Gasteiger partial charge in [-0.1, -0.05) is 26.7 Å². The van der Waals surface area contributed by atoms with Crippen LogP contribution in [0.1, 0.15) is 46.0 Å². The smallest absolute Gasteiger partial charge is 0.00205 e. The predicted octanol–water partition coefficient (Wildman–Crippen LogP) is 2.81. The number of rotatable bonds is 7. The topological polar surface area (TPSA) is 12.0 Å². The van der Waals surface area contributed by atoms with Crippen LogP contribution >= 0.6 is 0 Å². The van der Waals surface area contributed by atoms with Crippen molar-refractivity contribution in [3.05, 3.63) is 0 Å². The summed E-state index contributed by atoms with van der Waals surface area (Å²) in [6.45, 7) is 7.11. The lowest BCUT2D eigenvalue weighted by molar-refractivity contribution is 0.456. The van der Waals surface area contributed by atoms with E-state index in [9.17, 15) is 0 Å². The summed E-state index contributed by atoms with van der Waals surface area (Å²) in [6, 6.07) is 0. The van der Waals surface area contributed by atoms with Gasteiger partial charge in [0.25, 0.3) is 0 Å². The first kappa shape index (κ1) is 10.0. The Labute approximate surface area is 76.9 Å². The van der Waals surface area contributed by atoms with Gasteiger partial charge in [-0.15, -0.1) is 0 Å². The van der Waals surface area contributed by atoms with Gasteiger partial charge in [0, 0.05) is 0 Å². The summed E-state index contributed by atoms with van der Waals surface area (Å²) in [5.74, 6) is 1.98. The molecule has 0 heterocycles. The van der Waals surface area contributed by atoms with Crippen LogP contribution in [0.15, 0.2) is 0 Å². The van der Waals surface area contributed by atoms with E-state index in [1.807, 2.05) is 0 Å². The summed E-state index contributed by atoms with van der Waals surface area (Å²) in [5.41, 5.74) is 0. The van der Waals surface area contributed by atoms with Gasteiger partial charge in [-0.3, -0.25) is 0 Å². The van der Waals surface area contributed by atoms with Gasteiger partial charge in [0.15, 0.2) is 0 Å². The highest BCUT2D eigenvalue weighted by Crippen LogP contribution is 2.35. The molecule has 12 heavy (non-hydrogen) atoms. The van der Waals surface area contributed by atoms with Crippen molar-refractivity contribution in [3.8, 4) is 0 Å². The van der Waals surface area contributed by atoms with E-state index in [0.29, 0.717) is 0 Å². The standard InChI is InChI=1S/C11H23N/c1-3-4-5-8-12-9-10(2)11-6-7-11/h10-12H,3-9H2,1-2H3. The highest BCUT2D eigenvalue weighted by atomic mass is 14.9. The van der Waals surface area contributed by atoms with E-state index in [0.717, 1.165) is 11.8 Å². The third-order valence-corrected chi connectivity index (χ3v) is 2.85. The summed E-state index contributed by atoms with van der Waals surface area (Å²) in [6.07, 6.45) is 7.04. The normalized spacial score (nSPS) is 19.5. The average Bonchev–Trinajstić information content (AvgIpc) is 2.86. The Balaban J connectivity index is 1.81. The van der Waals surface area contributed by atoms with Gasteiger partial charge >= 0.3 is 0 Å². The van der Waals surface area contributed by atoms with E-state index >= 15 is 0 Å². The second-order valence-electron chi connectivity index (χ2n) is 4.23. The van der Waals surface area contributed by atoms with Crippen LogP contribution in [0.2, 0.25) is 0 Å². The van der Waals surface area contributed by atoms with Crippen molar-refractivity contribution in [2.75, 3.05) is 13.1 Å². The Bertz CT molecular complexity index is 108. The SMILES string of the molecule is CCCCCNCC(C)C1CC1. The first-order valence-electron chi connectivity index (χ1n) is 5.55. The van der Waals surface area contributed by atoms with Gasteiger partial charge in [-0.05, 0) is 44.2 Å². The van der Waals surface area contributed by atoms with E-state index in [4.69, 9.17) is 0 Å². The average molecular weight is 169 g/mol. The second-order valence-corrected chi connectivity index (χ2v) is 4.23. The fourth-order valence-electron chi connectivity index (χ4n) is 1.66. The molecule has 0 aromatic rings. The molecule has 0 saturated heterocycles. The van der Waals surface area contributed by atoms with Crippen molar-refractivity contribution in [3.63, 3.8) is 0 Å². The van der Waals surface area contributed by atoms with E-state index in [1.165, 1.54) is 45.2 Å². The molecule has 72 valence electrons. The van der Waals surface area contributed by atoms with Crippen molar-refractivity contribution >= 4 is 0 Å². The molecule has 1 unspecified atom stereocenters. The number of nitrogens with one attached hydrogen (secondary N) is 1. The number of unbranched alkanes of at least 4 members (excludes halogenated alkanes) is 2. The van der Waals surface area contributed by atoms with Crippen molar-refractivity contribution in [1.29, 1.82) is 0 Å². The van der Waals surface area contributed by atoms with Gasteiger partial charge in [0.05, 0.1) is 0 Å². The Morgan fingerprint density at radius 3 is 2.67 bits per heavy atom. The lowest BCUT2D eigenvalue weighted by Gasteiger charge is -2.10. The molecule has 0 aliphatic heterocycles. The van der Waals surface area contributed by atoms with Crippen LogP contribution in [0.3, 0.4) is 0 Å². The third kappa shape index (κ3) is 4.10. The first-order chi connectivity index (χ1) is 5.84. The van der Waals surface area contributed by atoms with E-state index in [2.05, 4.69) is 19.2 Å². The van der Waals surface area contributed by atoms with Crippen LogP contribution < -0.4 is 5.32 Å². The van der Waals surface area contributed by atoms with Crippen molar-refractivity contribution in [2.45, 2.75) is 46.0 Å². The van der Waals surface area contributed by atoms with Gasteiger partial charge in [0.1, 0.15) is 0 Å². The molecular weight excluding hydrogens is 146 g/mol. The fourth-order valence-corrected chi connectivity index (χ4v) is 1.66. The molecule has 1 saturated carbocycles. The molecule has 1 aliphatic rings. The number of hydrogen-bond donors (Lipinski definition) is 1. The van der Waals surface area contributed by atoms with Crippen LogP contribution in [-0.2, 0) is 0 Å². The van der Waals surface area contributed by atoms with Gasteiger partial charge in [-0.2, -0.15) is 0 Å². The van der Waals surface area contributed by atoms with Crippen molar-refractivity contribution in [1.82, 2.24) is 5.32 Å². The molecule has 1 fully saturated rings. The zero-order valence-electron chi connectivity index (χ0n) is 8.60. The van der Waals surface area contributed by atoms with Gasteiger partial charge in [-0.25, -0.2) is 0 Å². The third-order valence-electron chi connectivity index (χ3n) is 2.85. The van der Waals surface area contributed by atoms with E-state index < -0.39 is 0 Å². The van der Waals surface area contributed by atoms with Crippen LogP contribution in [0.5, 0.6) is 0 Å². The first-order valence-corrected chi connectivity index (χ1v) is 5.55. The number of hydrogen-bond acceptors (Lipinski definition) is 1. The fraction of sp³-hybridized carbons (Fsp3) is 1.00. The molecule has 0 bridgehead atoms. The molecule has 1 nitrogen and oxygen atoms in total. The van der Waals surface area contributed by atoms with E-state index in [1.54, 1.807) is 0 Å². The molecule has 0 spiro atoms. The minimum atomic E-state index is 0.923. The summed E-state index contributed by atoms with van der Waals surface area (Å²) in [7, 11) is 0. The zero-order chi connectivity index (χ0) is 8.81. The van der Waals surface area contributed by atoms with Crippen LogP contribution in [0, 0.1) is 11.8 Å². The lowest BCUT2D eigenvalue weighted by Crippen LogP contribution is -2.23. The Hall–Kier alpha value is -0.0400. The molecule has 1 N–H and O–H groups in total. The van der Waals surface area contributed by atoms with Gasteiger partial charge < -0.3 is 5.32 Å². The maximum atomic E-state index is 3.54. The Morgan fingerprint density at radius 2 is 2.08 bits per heavy atom. The predicted molar refractivity (Wildman–Crippen MR) is 54.3 cm³/mol. The molecule has 0 aromatic carbocycles. The lowest BCUT2D eigenvalue weighted by atomic mass is 10.1.